The van der Waals surface area contributed by atoms with Crippen molar-refractivity contribution in [2.45, 2.75) is 72.1 Å². The van der Waals surface area contributed by atoms with Crippen LogP contribution in [0.3, 0.4) is 0 Å². The number of ether oxygens (including phenoxy) is 1. The van der Waals surface area contributed by atoms with Crippen LogP contribution < -0.4 is 16.4 Å². The van der Waals surface area contributed by atoms with Crippen molar-refractivity contribution in [3.63, 3.8) is 0 Å². The number of hydrogen-bond acceptors (Lipinski definition) is 4. The largest absolute Gasteiger partial charge is 0.378 e. The van der Waals surface area contributed by atoms with Crippen molar-refractivity contribution in [1.82, 2.24) is 10.6 Å². The van der Waals surface area contributed by atoms with Crippen molar-refractivity contribution < 1.29 is 14.3 Å². The van der Waals surface area contributed by atoms with E-state index in [1.807, 2.05) is 20.8 Å². The van der Waals surface area contributed by atoms with Gasteiger partial charge in [0.15, 0.2) is 0 Å². The average Bonchev–Trinajstić information content (AvgIpc) is 2.52. The third-order valence-corrected chi connectivity index (χ3v) is 5.25. The van der Waals surface area contributed by atoms with Crippen LogP contribution >= 0.6 is 12.4 Å². The highest BCUT2D eigenvalue weighted by Crippen LogP contribution is 2.48. The maximum atomic E-state index is 12.1. The van der Waals surface area contributed by atoms with Gasteiger partial charge >= 0.3 is 0 Å². The maximum Gasteiger partial charge on any atom is 0.239 e. The molecular weight excluding hydrogens is 330 g/mol. The highest BCUT2D eigenvalue weighted by atomic mass is 35.5. The Labute approximate surface area is 152 Å². The molecule has 0 bridgehead atoms. The van der Waals surface area contributed by atoms with Gasteiger partial charge in [0, 0.05) is 18.1 Å². The van der Waals surface area contributed by atoms with Gasteiger partial charge in [-0.15, -0.1) is 12.4 Å². The normalized spacial score (nSPS) is 23.0. The minimum Gasteiger partial charge on any atom is -0.378 e. The summed E-state index contributed by atoms with van der Waals surface area (Å²) in [6, 6.07) is -0.476. The van der Waals surface area contributed by atoms with E-state index < -0.39 is 6.04 Å². The van der Waals surface area contributed by atoms with E-state index >= 15 is 0 Å². The molecule has 24 heavy (non-hydrogen) atoms. The molecule has 1 aliphatic carbocycles. The number of halogens is 1. The van der Waals surface area contributed by atoms with E-state index in [-0.39, 0.29) is 54.2 Å². The summed E-state index contributed by atoms with van der Waals surface area (Å²) in [5.74, 6) is -0.404. The van der Waals surface area contributed by atoms with Crippen LogP contribution in [0.4, 0.5) is 0 Å². The highest BCUT2D eigenvalue weighted by molar-refractivity contribution is 5.87. The van der Waals surface area contributed by atoms with Gasteiger partial charge < -0.3 is 21.1 Å². The lowest BCUT2D eigenvalue weighted by atomic mass is 9.58. The SMILES string of the molecule is CCOC1CC(NC(=O)CNC(=O)[C@@H](N)C(C)C)C1(CC)CC.Cl. The Morgan fingerprint density at radius 3 is 2.29 bits per heavy atom. The number of nitrogens with two attached hydrogens (primary N) is 1. The highest BCUT2D eigenvalue weighted by Gasteiger charge is 2.53. The van der Waals surface area contributed by atoms with Gasteiger partial charge in [0.1, 0.15) is 0 Å². The molecule has 0 aromatic heterocycles. The second-order valence-electron chi connectivity index (χ2n) is 6.73. The predicted octanol–water partition coefficient (Wildman–Crippen LogP) is 1.61. The molecule has 1 rings (SSSR count). The quantitative estimate of drug-likeness (QED) is 0.580. The van der Waals surface area contributed by atoms with Crippen molar-refractivity contribution in [3.8, 4) is 0 Å². The molecule has 6 nitrogen and oxygen atoms in total. The summed E-state index contributed by atoms with van der Waals surface area (Å²) in [5.41, 5.74) is 5.77. The number of amides is 2. The molecule has 142 valence electrons. The zero-order valence-corrected chi connectivity index (χ0v) is 16.4. The van der Waals surface area contributed by atoms with E-state index in [1.54, 1.807) is 0 Å². The molecule has 0 aliphatic heterocycles. The van der Waals surface area contributed by atoms with Crippen molar-refractivity contribution >= 4 is 24.2 Å². The van der Waals surface area contributed by atoms with Crippen LogP contribution in [-0.2, 0) is 14.3 Å². The minimum atomic E-state index is -0.584. The second-order valence-corrected chi connectivity index (χ2v) is 6.73. The van der Waals surface area contributed by atoms with E-state index in [0.717, 1.165) is 19.3 Å². The van der Waals surface area contributed by atoms with Crippen molar-refractivity contribution in [2.75, 3.05) is 13.2 Å². The summed E-state index contributed by atoms with van der Waals surface area (Å²) in [5, 5.41) is 5.66. The molecule has 0 heterocycles. The maximum absolute atomic E-state index is 12.1. The van der Waals surface area contributed by atoms with Gasteiger partial charge in [-0.3, -0.25) is 9.59 Å². The Bertz CT molecular complexity index is 414. The van der Waals surface area contributed by atoms with E-state index in [2.05, 4.69) is 24.5 Å². The zero-order chi connectivity index (χ0) is 17.6. The fourth-order valence-corrected chi connectivity index (χ4v) is 3.42. The molecule has 3 atom stereocenters. The molecule has 0 spiro atoms. The monoisotopic (exact) mass is 363 g/mol. The first-order valence-electron chi connectivity index (χ1n) is 8.76. The van der Waals surface area contributed by atoms with Gasteiger partial charge in [-0.05, 0) is 32.1 Å². The number of carbonyl (C=O) groups excluding carboxylic acids is 2. The van der Waals surface area contributed by atoms with Gasteiger partial charge in [-0.25, -0.2) is 0 Å². The van der Waals surface area contributed by atoms with Crippen molar-refractivity contribution in [3.05, 3.63) is 0 Å². The Hall–Kier alpha value is -0.850. The first-order valence-corrected chi connectivity index (χ1v) is 8.76. The molecule has 7 heteroatoms. The number of carbonyl (C=O) groups is 2. The topological polar surface area (TPSA) is 93.5 Å². The van der Waals surface area contributed by atoms with Crippen LogP contribution in [0.15, 0.2) is 0 Å². The summed E-state index contributed by atoms with van der Waals surface area (Å²) in [7, 11) is 0. The number of hydrogen-bond donors (Lipinski definition) is 3. The van der Waals surface area contributed by atoms with E-state index in [4.69, 9.17) is 10.5 Å². The lowest BCUT2D eigenvalue weighted by Gasteiger charge is -2.55. The van der Waals surface area contributed by atoms with Gasteiger partial charge in [0.25, 0.3) is 0 Å². The predicted molar refractivity (Wildman–Crippen MR) is 98.0 cm³/mol. The average molecular weight is 364 g/mol. The first-order chi connectivity index (χ1) is 10.8. The number of rotatable bonds is 9. The Balaban J connectivity index is 0.00000529. The standard InChI is InChI=1S/C17H33N3O3.ClH/c1-6-17(7-2)12(9-13(17)23-8-3)20-14(21)10-19-16(22)15(18)11(4)5;/h11-13,15H,6-10,18H2,1-5H3,(H,19,22)(H,20,21);1H/t12?,13?,15-;/m0./s1. The Morgan fingerprint density at radius 1 is 1.25 bits per heavy atom. The second kappa shape index (κ2) is 10.2. The van der Waals surface area contributed by atoms with Crippen LogP contribution in [0.5, 0.6) is 0 Å². The fourth-order valence-electron chi connectivity index (χ4n) is 3.42. The van der Waals surface area contributed by atoms with Gasteiger partial charge in [0.05, 0.1) is 18.7 Å². The molecular formula is C17H34ClN3O3. The van der Waals surface area contributed by atoms with Gasteiger partial charge in [-0.2, -0.15) is 0 Å². The molecule has 1 aliphatic rings. The smallest absolute Gasteiger partial charge is 0.239 e. The van der Waals surface area contributed by atoms with Crippen molar-refractivity contribution in [2.24, 2.45) is 17.1 Å². The zero-order valence-electron chi connectivity index (χ0n) is 15.6. The van der Waals surface area contributed by atoms with Crippen LogP contribution in [0.25, 0.3) is 0 Å². The lowest BCUT2D eigenvalue weighted by molar-refractivity contribution is -0.148. The third kappa shape index (κ3) is 5.07. The molecule has 0 aromatic rings. The van der Waals surface area contributed by atoms with Crippen LogP contribution in [0.1, 0.15) is 53.9 Å². The molecule has 1 fully saturated rings. The van der Waals surface area contributed by atoms with Gasteiger partial charge in [-0.1, -0.05) is 27.7 Å². The van der Waals surface area contributed by atoms with Crippen LogP contribution in [0.2, 0.25) is 0 Å². The molecule has 0 saturated heterocycles. The van der Waals surface area contributed by atoms with Crippen LogP contribution in [-0.4, -0.2) is 43.2 Å². The summed E-state index contributed by atoms with van der Waals surface area (Å²) in [4.78, 5) is 23.9. The molecule has 0 radical (unpaired) electrons. The molecule has 2 amide bonds. The summed E-state index contributed by atoms with van der Waals surface area (Å²) >= 11 is 0. The molecule has 0 aromatic carbocycles. The Kier molecular flexibility index (Phi) is 9.85. The Morgan fingerprint density at radius 2 is 1.83 bits per heavy atom. The van der Waals surface area contributed by atoms with E-state index in [0.29, 0.717) is 6.61 Å². The van der Waals surface area contributed by atoms with Crippen LogP contribution in [0, 0.1) is 11.3 Å². The van der Waals surface area contributed by atoms with Gasteiger partial charge in [0.2, 0.25) is 11.8 Å². The molecule has 2 unspecified atom stereocenters. The van der Waals surface area contributed by atoms with E-state index in [1.165, 1.54) is 0 Å². The lowest BCUT2D eigenvalue weighted by Crippen LogP contribution is -2.65. The fraction of sp³-hybridized carbons (Fsp3) is 0.882. The molecule has 4 N–H and O–H groups in total. The summed E-state index contributed by atoms with van der Waals surface area (Å²) < 4.78 is 5.81. The molecule has 1 saturated carbocycles. The van der Waals surface area contributed by atoms with E-state index in [9.17, 15) is 9.59 Å². The summed E-state index contributed by atoms with van der Waals surface area (Å²) in [6.07, 6.45) is 2.96. The number of nitrogens with one attached hydrogen (secondary N) is 2. The third-order valence-electron chi connectivity index (χ3n) is 5.25. The first kappa shape index (κ1) is 23.1. The summed E-state index contributed by atoms with van der Waals surface area (Å²) in [6.45, 7) is 10.7. The van der Waals surface area contributed by atoms with Crippen molar-refractivity contribution in [1.29, 1.82) is 0 Å². The minimum absolute atomic E-state index is 0.